The van der Waals surface area contributed by atoms with Crippen LogP contribution in [0.25, 0.3) is 11.1 Å². The maximum absolute atomic E-state index is 12.4. The Bertz CT molecular complexity index is 779. The first-order valence-electron chi connectivity index (χ1n) is 9.46. The lowest BCUT2D eigenvalue weighted by molar-refractivity contribution is 0.140. The van der Waals surface area contributed by atoms with Gasteiger partial charge in [-0.25, -0.2) is 4.79 Å². The van der Waals surface area contributed by atoms with Gasteiger partial charge in [0.2, 0.25) is 0 Å². The van der Waals surface area contributed by atoms with Crippen molar-refractivity contribution in [2.45, 2.75) is 38.1 Å². The zero-order valence-electron chi connectivity index (χ0n) is 14.6. The van der Waals surface area contributed by atoms with Crippen LogP contribution in [0.2, 0.25) is 5.02 Å². The lowest BCUT2D eigenvalue weighted by Gasteiger charge is -2.35. The molecule has 0 spiro atoms. The molecule has 6 heteroatoms. The van der Waals surface area contributed by atoms with Crippen LogP contribution in [0.1, 0.15) is 38.1 Å². The number of hydrogen-bond donors (Lipinski definition) is 0. The molecule has 25 heavy (non-hydrogen) atoms. The average molecular weight is 364 g/mol. The van der Waals surface area contributed by atoms with Gasteiger partial charge in [0.1, 0.15) is 0 Å². The summed E-state index contributed by atoms with van der Waals surface area (Å²) < 4.78 is 7.23. The summed E-state index contributed by atoms with van der Waals surface area (Å²) in [5.74, 6) is -0.264. The third-order valence-corrected chi connectivity index (χ3v) is 5.84. The average Bonchev–Trinajstić information content (AvgIpc) is 2.96. The molecule has 0 radical (unpaired) electrons. The first-order valence-corrected chi connectivity index (χ1v) is 9.84. The molecule has 4 rings (SSSR count). The molecule has 0 saturated carbocycles. The van der Waals surface area contributed by atoms with Crippen LogP contribution in [0.5, 0.6) is 0 Å². The second kappa shape index (κ2) is 7.52. The molecule has 3 heterocycles. The third-order valence-electron chi connectivity index (χ3n) is 5.60. The van der Waals surface area contributed by atoms with Crippen LogP contribution in [0.3, 0.4) is 0 Å². The number of benzene rings is 1. The van der Waals surface area contributed by atoms with E-state index in [4.69, 9.17) is 16.0 Å². The quantitative estimate of drug-likeness (QED) is 0.835. The van der Waals surface area contributed by atoms with Gasteiger partial charge in [0.15, 0.2) is 5.58 Å². The van der Waals surface area contributed by atoms with Crippen LogP contribution in [0.15, 0.2) is 27.4 Å². The van der Waals surface area contributed by atoms with Gasteiger partial charge in [-0.05, 0) is 63.5 Å². The number of hydrogen-bond acceptors (Lipinski definition) is 4. The van der Waals surface area contributed by atoms with E-state index in [-0.39, 0.29) is 11.8 Å². The minimum absolute atomic E-state index is 0.169. The molecule has 1 unspecified atom stereocenters. The second-order valence-corrected chi connectivity index (χ2v) is 7.79. The summed E-state index contributed by atoms with van der Waals surface area (Å²) in [5.41, 5.74) is 1.44. The maximum atomic E-state index is 12.4. The number of rotatable bonds is 4. The highest BCUT2D eigenvalue weighted by molar-refractivity contribution is 6.31. The van der Waals surface area contributed by atoms with E-state index < -0.39 is 0 Å². The van der Waals surface area contributed by atoms with Gasteiger partial charge in [0.25, 0.3) is 0 Å². The van der Waals surface area contributed by atoms with Gasteiger partial charge in [-0.1, -0.05) is 18.0 Å². The molecule has 2 aliphatic heterocycles. The number of fused-ring (bicyclic) bond motifs is 1. The Morgan fingerprint density at radius 2 is 1.80 bits per heavy atom. The lowest BCUT2D eigenvalue weighted by Crippen LogP contribution is -2.43. The number of aromatic nitrogens is 1. The predicted molar refractivity (Wildman–Crippen MR) is 100 cm³/mol. The van der Waals surface area contributed by atoms with E-state index in [1.165, 1.54) is 32.4 Å². The van der Waals surface area contributed by atoms with E-state index in [2.05, 4.69) is 9.80 Å². The number of nitrogens with zero attached hydrogens (tertiary/aromatic N) is 3. The lowest BCUT2D eigenvalue weighted by atomic mass is 10.0. The number of piperidine rings is 2. The molecule has 136 valence electrons. The molecule has 2 aliphatic rings. The standard InChI is InChI=1S/C19H26ClN3O2/c20-15-6-7-18-17(13-15)23(19(24)25-18)16-5-4-10-22(14-16)12-11-21-8-2-1-3-9-21/h6-7,13,16H,1-5,8-12,14H2. The fourth-order valence-corrected chi connectivity index (χ4v) is 4.43. The van der Waals surface area contributed by atoms with Crippen LogP contribution in [0.4, 0.5) is 0 Å². The van der Waals surface area contributed by atoms with Crippen molar-refractivity contribution in [3.63, 3.8) is 0 Å². The summed E-state index contributed by atoms with van der Waals surface area (Å²) >= 11 is 6.13. The molecule has 0 amide bonds. The monoisotopic (exact) mass is 363 g/mol. The van der Waals surface area contributed by atoms with Gasteiger partial charge in [-0.2, -0.15) is 0 Å². The molecule has 0 bridgehead atoms. The summed E-state index contributed by atoms with van der Waals surface area (Å²) in [6.07, 6.45) is 6.17. The molecule has 5 nitrogen and oxygen atoms in total. The smallest absolute Gasteiger partial charge is 0.408 e. The second-order valence-electron chi connectivity index (χ2n) is 7.35. The van der Waals surface area contributed by atoms with Gasteiger partial charge in [0, 0.05) is 24.7 Å². The fourth-order valence-electron chi connectivity index (χ4n) is 4.26. The van der Waals surface area contributed by atoms with E-state index >= 15 is 0 Å². The Balaban J connectivity index is 1.47. The van der Waals surface area contributed by atoms with E-state index in [0.717, 1.165) is 44.5 Å². The van der Waals surface area contributed by atoms with Crippen LogP contribution in [-0.2, 0) is 0 Å². The Kier molecular flexibility index (Phi) is 5.15. The molecule has 1 aromatic heterocycles. The molecular formula is C19H26ClN3O2. The van der Waals surface area contributed by atoms with E-state index in [0.29, 0.717) is 10.6 Å². The van der Waals surface area contributed by atoms with Crippen molar-refractivity contribution in [3.05, 3.63) is 33.8 Å². The molecule has 2 saturated heterocycles. The van der Waals surface area contributed by atoms with Crippen LogP contribution < -0.4 is 5.76 Å². The van der Waals surface area contributed by atoms with Crippen LogP contribution in [0, 0.1) is 0 Å². The highest BCUT2D eigenvalue weighted by Gasteiger charge is 2.25. The van der Waals surface area contributed by atoms with Crippen molar-refractivity contribution in [1.82, 2.24) is 14.4 Å². The summed E-state index contributed by atoms with van der Waals surface area (Å²) in [6, 6.07) is 5.56. The third kappa shape index (κ3) is 3.78. The predicted octanol–water partition coefficient (Wildman–Crippen LogP) is 3.37. The number of halogens is 1. The zero-order valence-corrected chi connectivity index (χ0v) is 15.4. The summed E-state index contributed by atoms with van der Waals surface area (Å²) in [6.45, 7) is 6.73. The Labute approximate surface area is 153 Å². The SMILES string of the molecule is O=c1oc2ccc(Cl)cc2n1C1CCCN(CCN2CCCCC2)C1. The molecule has 1 atom stereocenters. The maximum Gasteiger partial charge on any atom is 0.420 e. The molecule has 2 aromatic rings. The molecular weight excluding hydrogens is 338 g/mol. The number of oxazole rings is 1. The van der Waals surface area contributed by atoms with E-state index in [1.807, 2.05) is 10.6 Å². The van der Waals surface area contributed by atoms with Gasteiger partial charge < -0.3 is 14.2 Å². The van der Waals surface area contributed by atoms with Crippen molar-refractivity contribution in [2.24, 2.45) is 0 Å². The van der Waals surface area contributed by atoms with E-state index in [1.54, 1.807) is 12.1 Å². The highest BCUT2D eigenvalue weighted by Crippen LogP contribution is 2.26. The van der Waals surface area contributed by atoms with Gasteiger partial charge in [-0.3, -0.25) is 4.57 Å². The van der Waals surface area contributed by atoms with E-state index in [9.17, 15) is 4.79 Å². The topological polar surface area (TPSA) is 41.6 Å². The summed E-state index contributed by atoms with van der Waals surface area (Å²) in [4.78, 5) is 17.5. The van der Waals surface area contributed by atoms with Crippen LogP contribution >= 0.6 is 11.6 Å². The van der Waals surface area contributed by atoms with Crippen LogP contribution in [-0.4, -0.2) is 53.6 Å². The van der Waals surface area contributed by atoms with Crippen molar-refractivity contribution in [3.8, 4) is 0 Å². The van der Waals surface area contributed by atoms with Crippen molar-refractivity contribution < 1.29 is 4.42 Å². The van der Waals surface area contributed by atoms with Gasteiger partial charge in [0.05, 0.1) is 11.6 Å². The van der Waals surface area contributed by atoms with Gasteiger partial charge in [-0.15, -0.1) is 0 Å². The molecule has 2 fully saturated rings. The Morgan fingerprint density at radius 3 is 2.64 bits per heavy atom. The first-order chi connectivity index (χ1) is 12.2. The van der Waals surface area contributed by atoms with Crippen molar-refractivity contribution in [2.75, 3.05) is 39.3 Å². The molecule has 0 N–H and O–H groups in total. The highest BCUT2D eigenvalue weighted by atomic mass is 35.5. The van der Waals surface area contributed by atoms with Crippen molar-refractivity contribution >= 4 is 22.7 Å². The molecule has 0 aliphatic carbocycles. The van der Waals surface area contributed by atoms with Gasteiger partial charge >= 0.3 is 5.76 Å². The first kappa shape index (κ1) is 17.1. The summed E-state index contributed by atoms with van der Waals surface area (Å²) in [5, 5.41) is 0.639. The zero-order chi connectivity index (χ0) is 17.2. The summed E-state index contributed by atoms with van der Waals surface area (Å²) in [7, 11) is 0. The van der Waals surface area contributed by atoms with Crippen molar-refractivity contribution in [1.29, 1.82) is 0 Å². The Hall–Kier alpha value is -1.30. The number of likely N-dealkylation sites (tertiary alicyclic amines) is 2. The largest absolute Gasteiger partial charge is 0.420 e. The Morgan fingerprint density at radius 1 is 1.04 bits per heavy atom. The minimum atomic E-state index is -0.264. The minimum Gasteiger partial charge on any atom is -0.408 e. The molecule has 1 aromatic carbocycles. The fraction of sp³-hybridized carbons (Fsp3) is 0.632. The normalized spacial score (nSPS) is 23.3.